The Bertz CT molecular complexity index is 1340. The highest BCUT2D eigenvalue weighted by atomic mass is 35.5. The molecule has 0 radical (unpaired) electrons. The molecular weight excluding hydrogens is 465 g/mol. The van der Waals surface area contributed by atoms with E-state index in [1.165, 1.54) is 18.2 Å². The number of hydrogen-bond donors (Lipinski definition) is 1. The quantitative estimate of drug-likeness (QED) is 0.414. The Balaban J connectivity index is 1.78. The van der Waals surface area contributed by atoms with Gasteiger partial charge in [-0.1, -0.05) is 35.3 Å². The molecule has 1 aliphatic rings. The van der Waals surface area contributed by atoms with Crippen molar-refractivity contribution < 1.29 is 19.1 Å². The highest BCUT2D eigenvalue weighted by Gasteiger charge is 2.38. The van der Waals surface area contributed by atoms with E-state index in [0.29, 0.717) is 11.3 Å². The number of halogens is 2. The minimum absolute atomic E-state index is 0.0348. The number of benzene rings is 2. The van der Waals surface area contributed by atoms with E-state index in [0.717, 1.165) is 22.0 Å². The average molecular weight is 484 g/mol. The van der Waals surface area contributed by atoms with Crippen LogP contribution in [0, 0.1) is 13.8 Å². The molecular formula is C24H19Cl2N3O4. The lowest BCUT2D eigenvalue weighted by Crippen LogP contribution is -2.54. The summed E-state index contributed by atoms with van der Waals surface area (Å²) in [5.41, 5.74) is 3.11. The summed E-state index contributed by atoms with van der Waals surface area (Å²) < 4.78 is 7.30. The first kappa shape index (κ1) is 22.6. The van der Waals surface area contributed by atoms with Gasteiger partial charge in [-0.05, 0) is 55.8 Å². The van der Waals surface area contributed by atoms with Gasteiger partial charge in [-0.2, -0.15) is 0 Å². The number of aryl methyl sites for hydroxylation is 1. The van der Waals surface area contributed by atoms with Gasteiger partial charge in [0, 0.05) is 23.1 Å². The number of carbonyl (C=O) groups is 3. The Morgan fingerprint density at radius 1 is 1.00 bits per heavy atom. The summed E-state index contributed by atoms with van der Waals surface area (Å²) in [5.74, 6) is -0.876. The zero-order chi connectivity index (χ0) is 23.9. The van der Waals surface area contributed by atoms with Gasteiger partial charge in [0.1, 0.15) is 11.3 Å². The molecule has 7 nitrogen and oxygen atoms in total. The van der Waals surface area contributed by atoms with Crippen LogP contribution in [0.3, 0.4) is 0 Å². The molecule has 168 valence electrons. The molecule has 4 rings (SSSR count). The van der Waals surface area contributed by atoms with Gasteiger partial charge in [0.2, 0.25) is 0 Å². The van der Waals surface area contributed by atoms with Gasteiger partial charge in [0.15, 0.2) is 0 Å². The number of barbiturate groups is 1. The molecule has 1 N–H and O–H groups in total. The predicted molar refractivity (Wildman–Crippen MR) is 127 cm³/mol. The van der Waals surface area contributed by atoms with E-state index in [9.17, 15) is 14.4 Å². The van der Waals surface area contributed by atoms with Crippen molar-refractivity contribution in [3.05, 3.63) is 81.1 Å². The highest BCUT2D eigenvalue weighted by Crippen LogP contribution is 2.34. The van der Waals surface area contributed by atoms with Crippen LogP contribution < -0.4 is 15.0 Å². The van der Waals surface area contributed by atoms with Gasteiger partial charge in [0.05, 0.1) is 22.8 Å². The number of nitrogens with zero attached hydrogens (tertiary/aromatic N) is 2. The third-order valence-electron chi connectivity index (χ3n) is 5.36. The van der Waals surface area contributed by atoms with Gasteiger partial charge >= 0.3 is 6.03 Å². The summed E-state index contributed by atoms with van der Waals surface area (Å²) in [4.78, 5) is 39.1. The SMILES string of the molecule is COc1cccc(-n2c(C)cc(/C=C3/C(=O)NC(=O)N(c4cccc(Cl)c4Cl)C3=O)c2C)c1. The molecule has 2 heterocycles. The third kappa shape index (κ3) is 4.01. The van der Waals surface area contributed by atoms with E-state index in [1.807, 2.05) is 48.7 Å². The average Bonchev–Trinajstić information content (AvgIpc) is 3.06. The number of aromatic nitrogens is 1. The molecule has 3 aromatic rings. The maximum Gasteiger partial charge on any atom is 0.336 e. The van der Waals surface area contributed by atoms with Crippen molar-refractivity contribution in [2.75, 3.05) is 12.0 Å². The summed E-state index contributed by atoms with van der Waals surface area (Å²) in [6, 6.07) is 13.1. The maximum atomic E-state index is 13.2. The summed E-state index contributed by atoms with van der Waals surface area (Å²) in [7, 11) is 1.59. The Morgan fingerprint density at radius 3 is 2.45 bits per heavy atom. The Morgan fingerprint density at radius 2 is 1.73 bits per heavy atom. The lowest BCUT2D eigenvalue weighted by molar-refractivity contribution is -0.122. The van der Waals surface area contributed by atoms with Crippen molar-refractivity contribution in [2.45, 2.75) is 13.8 Å². The first-order valence-corrected chi connectivity index (χ1v) is 10.7. The molecule has 2 aromatic carbocycles. The number of ether oxygens (including phenoxy) is 1. The van der Waals surface area contributed by atoms with Crippen LogP contribution in [-0.2, 0) is 9.59 Å². The van der Waals surface area contributed by atoms with E-state index in [-0.39, 0.29) is 21.3 Å². The largest absolute Gasteiger partial charge is 0.497 e. The molecule has 0 unspecified atom stereocenters. The summed E-state index contributed by atoms with van der Waals surface area (Å²) >= 11 is 12.3. The molecule has 0 spiro atoms. The zero-order valence-corrected chi connectivity index (χ0v) is 19.5. The molecule has 0 saturated carbocycles. The number of carbonyl (C=O) groups excluding carboxylic acids is 3. The predicted octanol–water partition coefficient (Wildman–Crippen LogP) is 5.08. The van der Waals surface area contributed by atoms with Crippen molar-refractivity contribution in [1.29, 1.82) is 0 Å². The highest BCUT2D eigenvalue weighted by molar-refractivity contribution is 6.46. The fourth-order valence-electron chi connectivity index (χ4n) is 3.78. The molecule has 0 atom stereocenters. The van der Waals surface area contributed by atoms with Gasteiger partial charge in [-0.3, -0.25) is 14.9 Å². The zero-order valence-electron chi connectivity index (χ0n) is 18.0. The molecule has 33 heavy (non-hydrogen) atoms. The molecule has 1 aliphatic heterocycles. The Labute approximate surface area is 200 Å². The summed E-state index contributed by atoms with van der Waals surface area (Å²) in [6.07, 6.45) is 1.47. The number of methoxy groups -OCH3 is 1. The number of nitrogens with one attached hydrogen (secondary N) is 1. The van der Waals surface area contributed by atoms with Crippen molar-refractivity contribution in [2.24, 2.45) is 0 Å². The van der Waals surface area contributed by atoms with E-state index in [2.05, 4.69) is 5.32 Å². The monoisotopic (exact) mass is 483 g/mol. The van der Waals surface area contributed by atoms with Crippen molar-refractivity contribution in [3.63, 3.8) is 0 Å². The number of amides is 4. The van der Waals surface area contributed by atoms with Crippen LogP contribution in [0.2, 0.25) is 10.0 Å². The van der Waals surface area contributed by atoms with E-state index >= 15 is 0 Å². The van der Waals surface area contributed by atoms with Gasteiger partial charge in [0.25, 0.3) is 11.8 Å². The molecule has 9 heteroatoms. The molecule has 1 saturated heterocycles. The number of rotatable bonds is 4. The third-order valence-corrected chi connectivity index (χ3v) is 6.16. The van der Waals surface area contributed by atoms with Crippen LogP contribution in [0.1, 0.15) is 17.0 Å². The summed E-state index contributed by atoms with van der Waals surface area (Å²) in [6.45, 7) is 3.79. The van der Waals surface area contributed by atoms with E-state index in [1.54, 1.807) is 13.2 Å². The van der Waals surface area contributed by atoms with Crippen LogP contribution in [0.15, 0.2) is 54.1 Å². The topological polar surface area (TPSA) is 80.6 Å². The Kier molecular flexibility index (Phi) is 6.01. The number of anilines is 1. The molecule has 1 fully saturated rings. The maximum absolute atomic E-state index is 13.2. The number of urea groups is 1. The molecule has 1 aromatic heterocycles. The van der Waals surface area contributed by atoms with Crippen LogP contribution in [0.5, 0.6) is 5.75 Å². The van der Waals surface area contributed by atoms with E-state index < -0.39 is 17.8 Å². The summed E-state index contributed by atoms with van der Waals surface area (Å²) in [5, 5.41) is 2.41. The smallest absolute Gasteiger partial charge is 0.336 e. The fourth-order valence-corrected chi connectivity index (χ4v) is 4.16. The van der Waals surface area contributed by atoms with Gasteiger partial charge < -0.3 is 9.30 Å². The second-order valence-electron chi connectivity index (χ2n) is 7.39. The standard InChI is InChI=1S/C24H19Cl2N3O4/c1-13-10-15(14(2)28(13)16-6-4-7-17(12-16)33-3)11-18-22(30)27-24(32)29(23(18)31)20-9-5-8-19(25)21(20)26/h4-12H,1-3H3,(H,27,30,32)/b18-11-. The lowest BCUT2D eigenvalue weighted by atomic mass is 10.1. The molecule has 0 bridgehead atoms. The molecule has 4 amide bonds. The van der Waals surface area contributed by atoms with Crippen LogP contribution in [0.25, 0.3) is 11.8 Å². The number of imide groups is 2. The normalized spacial score (nSPS) is 15.2. The van der Waals surface area contributed by atoms with Crippen molar-refractivity contribution >= 4 is 52.8 Å². The first-order valence-electron chi connectivity index (χ1n) is 9.91. The second-order valence-corrected chi connectivity index (χ2v) is 8.18. The van der Waals surface area contributed by atoms with Crippen LogP contribution in [-0.4, -0.2) is 29.5 Å². The van der Waals surface area contributed by atoms with Gasteiger partial charge in [-0.15, -0.1) is 0 Å². The van der Waals surface area contributed by atoms with Gasteiger partial charge in [-0.25, -0.2) is 9.69 Å². The minimum Gasteiger partial charge on any atom is -0.497 e. The first-order chi connectivity index (χ1) is 15.7. The molecule has 0 aliphatic carbocycles. The fraction of sp³-hybridized carbons (Fsp3) is 0.125. The minimum atomic E-state index is -0.895. The van der Waals surface area contributed by atoms with E-state index in [4.69, 9.17) is 27.9 Å². The van der Waals surface area contributed by atoms with Crippen molar-refractivity contribution in [1.82, 2.24) is 9.88 Å². The lowest BCUT2D eigenvalue weighted by Gasteiger charge is -2.27. The Hall–Kier alpha value is -3.55. The number of hydrogen-bond acceptors (Lipinski definition) is 4. The second kappa shape index (κ2) is 8.77. The van der Waals surface area contributed by atoms with Crippen LogP contribution >= 0.6 is 23.2 Å². The van der Waals surface area contributed by atoms with Crippen molar-refractivity contribution in [3.8, 4) is 11.4 Å². The van der Waals surface area contributed by atoms with Crippen LogP contribution in [0.4, 0.5) is 10.5 Å².